The third-order valence-electron chi connectivity index (χ3n) is 4.28. The predicted octanol–water partition coefficient (Wildman–Crippen LogP) is 3.14. The minimum absolute atomic E-state index is 0.262. The van der Waals surface area contributed by atoms with Crippen LogP contribution in [0.15, 0.2) is 23.2 Å². The molecule has 1 aromatic carbocycles. The molecule has 6 heteroatoms. The number of aliphatic imine (C=N–C) groups is 1. The number of rotatable bonds is 12. The maximum atomic E-state index is 5.85. The van der Waals surface area contributed by atoms with Crippen LogP contribution < -0.4 is 15.4 Å². The fourth-order valence-corrected chi connectivity index (χ4v) is 2.73. The lowest BCUT2D eigenvalue weighted by Crippen LogP contribution is -2.39. The molecule has 1 aromatic rings. The van der Waals surface area contributed by atoms with Crippen molar-refractivity contribution >= 4 is 5.96 Å². The zero-order valence-electron chi connectivity index (χ0n) is 17.8. The molecule has 0 spiro atoms. The zero-order chi connectivity index (χ0) is 20.1. The summed E-state index contributed by atoms with van der Waals surface area (Å²) in [5, 5.41) is 6.72. The smallest absolute Gasteiger partial charge is 0.191 e. The number of hydrogen-bond acceptors (Lipinski definition) is 4. The van der Waals surface area contributed by atoms with Crippen LogP contribution in [0, 0.1) is 12.8 Å². The van der Waals surface area contributed by atoms with Crippen LogP contribution in [0.2, 0.25) is 0 Å². The van der Waals surface area contributed by atoms with E-state index in [2.05, 4.69) is 54.6 Å². The SMILES string of the molecule is CCOC(CCNC(=NC)NCc1ccc(C)cc1OCCOC)C(C)C. The monoisotopic (exact) mass is 379 g/mol. The number of benzene rings is 1. The summed E-state index contributed by atoms with van der Waals surface area (Å²) in [4.78, 5) is 4.31. The molecule has 0 radical (unpaired) electrons. The normalized spacial score (nSPS) is 12.9. The molecule has 0 saturated heterocycles. The first kappa shape index (κ1) is 23.2. The standard InChI is InChI=1S/C21H37N3O3/c1-7-26-19(16(2)3)10-11-23-21(22-5)24-15-18-9-8-17(4)14-20(18)27-13-12-25-6/h8-9,14,16,19H,7,10-13,15H2,1-6H3,(H2,22,23,24). The molecule has 1 rings (SSSR count). The number of guanidine groups is 1. The Morgan fingerprint density at radius 2 is 1.96 bits per heavy atom. The second kappa shape index (κ2) is 13.4. The average molecular weight is 380 g/mol. The summed E-state index contributed by atoms with van der Waals surface area (Å²) in [6, 6.07) is 6.23. The summed E-state index contributed by atoms with van der Waals surface area (Å²) in [7, 11) is 3.45. The summed E-state index contributed by atoms with van der Waals surface area (Å²) in [5.74, 6) is 2.16. The molecular formula is C21H37N3O3. The van der Waals surface area contributed by atoms with Gasteiger partial charge >= 0.3 is 0 Å². The first-order chi connectivity index (χ1) is 13.0. The maximum absolute atomic E-state index is 5.85. The van der Waals surface area contributed by atoms with E-state index >= 15 is 0 Å². The largest absolute Gasteiger partial charge is 0.491 e. The van der Waals surface area contributed by atoms with Crippen molar-refractivity contribution in [3.63, 3.8) is 0 Å². The molecule has 6 nitrogen and oxygen atoms in total. The van der Waals surface area contributed by atoms with E-state index in [1.54, 1.807) is 14.2 Å². The molecule has 0 aliphatic heterocycles. The molecule has 0 aromatic heterocycles. The van der Waals surface area contributed by atoms with Gasteiger partial charge in [-0.15, -0.1) is 0 Å². The van der Waals surface area contributed by atoms with Gasteiger partial charge in [0.05, 0.1) is 12.7 Å². The van der Waals surface area contributed by atoms with Gasteiger partial charge in [0.15, 0.2) is 5.96 Å². The molecule has 1 unspecified atom stereocenters. The Hall–Kier alpha value is -1.79. The Kier molecular flexibility index (Phi) is 11.5. The number of aryl methyl sites for hydroxylation is 1. The van der Waals surface area contributed by atoms with Gasteiger partial charge in [0.25, 0.3) is 0 Å². The second-order valence-corrected chi connectivity index (χ2v) is 6.83. The number of methoxy groups -OCH3 is 1. The van der Waals surface area contributed by atoms with Crippen LogP contribution in [0.25, 0.3) is 0 Å². The van der Waals surface area contributed by atoms with Crippen molar-refractivity contribution < 1.29 is 14.2 Å². The minimum atomic E-state index is 0.262. The Labute approximate surface area is 164 Å². The van der Waals surface area contributed by atoms with E-state index in [4.69, 9.17) is 14.2 Å². The molecule has 2 N–H and O–H groups in total. The van der Waals surface area contributed by atoms with Crippen LogP contribution in [0.1, 0.15) is 38.3 Å². The molecule has 154 valence electrons. The van der Waals surface area contributed by atoms with Crippen LogP contribution >= 0.6 is 0 Å². The molecule has 0 saturated carbocycles. The van der Waals surface area contributed by atoms with Crippen molar-refractivity contribution in [1.82, 2.24) is 10.6 Å². The van der Waals surface area contributed by atoms with E-state index < -0.39 is 0 Å². The summed E-state index contributed by atoms with van der Waals surface area (Å²) >= 11 is 0. The molecule has 0 aliphatic rings. The minimum Gasteiger partial charge on any atom is -0.491 e. The Morgan fingerprint density at radius 3 is 2.59 bits per heavy atom. The first-order valence-electron chi connectivity index (χ1n) is 9.79. The van der Waals surface area contributed by atoms with Gasteiger partial charge in [-0.1, -0.05) is 26.0 Å². The Bertz CT molecular complexity index is 562. The van der Waals surface area contributed by atoms with Gasteiger partial charge in [0.1, 0.15) is 12.4 Å². The molecule has 0 aliphatic carbocycles. The van der Waals surface area contributed by atoms with Crippen LogP contribution in [-0.4, -0.2) is 52.6 Å². The van der Waals surface area contributed by atoms with E-state index in [0.29, 0.717) is 25.7 Å². The number of nitrogens with zero attached hydrogens (tertiary/aromatic N) is 1. The van der Waals surface area contributed by atoms with Gasteiger partial charge in [-0.2, -0.15) is 0 Å². The maximum Gasteiger partial charge on any atom is 0.191 e. The van der Waals surface area contributed by atoms with Crippen molar-refractivity contribution in [2.45, 2.75) is 46.8 Å². The van der Waals surface area contributed by atoms with Crippen LogP contribution in [0.3, 0.4) is 0 Å². The van der Waals surface area contributed by atoms with Crippen LogP contribution in [-0.2, 0) is 16.0 Å². The molecular weight excluding hydrogens is 342 g/mol. The Balaban J connectivity index is 2.54. The van der Waals surface area contributed by atoms with Crippen molar-refractivity contribution in [2.24, 2.45) is 10.9 Å². The fourth-order valence-electron chi connectivity index (χ4n) is 2.73. The lowest BCUT2D eigenvalue weighted by Gasteiger charge is -2.21. The highest BCUT2D eigenvalue weighted by Crippen LogP contribution is 2.20. The number of hydrogen-bond donors (Lipinski definition) is 2. The zero-order valence-corrected chi connectivity index (χ0v) is 17.8. The predicted molar refractivity (Wildman–Crippen MR) is 112 cm³/mol. The van der Waals surface area contributed by atoms with E-state index in [9.17, 15) is 0 Å². The van der Waals surface area contributed by atoms with Crippen molar-refractivity contribution in [2.75, 3.05) is 40.5 Å². The van der Waals surface area contributed by atoms with Crippen molar-refractivity contribution in [3.8, 4) is 5.75 Å². The van der Waals surface area contributed by atoms with E-state index in [-0.39, 0.29) is 6.10 Å². The van der Waals surface area contributed by atoms with Gasteiger partial charge in [0.2, 0.25) is 0 Å². The summed E-state index contributed by atoms with van der Waals surface area (Å²) < 4.78 is 16.7. The van der Waals surface area contributed by atoms with Crippen molar-refractivity contribution in [1.29, 1.82) is 0 Å². The van der Waals surface area contributed by atoms with Crippen LogP contribution in [0.5, 0.6) is 5.75 Å². The molecule has 0 fully saturated rings. The third-order valence-corrected chi connectivity index (χ3v) is 4.28. The van der Waals surface area contributed by atoms with Gasteiger partial charge in [-0.05, 0) is 37.8 Å². The molecule has 0 amide bonds. The second-order valence-electron chi connectivity index (χ2n) is 6.83. The lowest BCUT2D eigenvalue weighted by molar-refractivity contribution is 0.0258. The molecule has 0 heterocycles. The highest BCUT2D eigenvalue weighted by molar-refractivity contribution is 5.79. The van der Waals surface area contributed by atoms with Crippen molar-refractivity contribution in [3.05, 3.63) is 29.3 Å². The summed E-state index contributed by atoms with van der Waals surface area (Å²) in [6.45, 7) is 11.8. The average Bonchev–Trinajstić information content (AvgIpc) is 2.64. The molecule has 0 bridgehead atoms. The highest BCUT2D eigenvalue weighted by atomic mass is 16.5. The van der Waals surface area contributed by atoms with Gasteiger partial charge in [0, 0.05) is 39.4 Å². The topological polar surface area (TPSA) is 64.1 Å². The van der Waals surface area contributed by atoms with Gasteiger partial charge < -0.3 is 24.8 Å². The Morgan fingerprint density at radius 1 is 1.19 bits per heavy atom. The summed E-state index contributed by atoms with van der Waals surface area (Å²) in [5.41, 5.74) is 2.26. The van der Waals surface area contributed by atoms with Crippen LogP contribution in [0.4, 0.5) is 0 Å². The lowest BCUT2D eigenvalue weighted by atomic mass is 10.0. The quantitative estimate of drug-likeness (QED) is 0.332. The first-order valence-corrected chi connectivity index (χ1v) is 9.79. The highest BCUT2D eigenvalue weighted by Gasteiger charge is 2.13. The van der Waals surface area contributed by atoms with Gasteiger partial charge in [-0.3, -0.25) is 4.99 Å². The fraction of sp³-hybridized carbons (Fsp3) is 0.667. The van der Waals surface area contributed by atoms with Gasteiger partial charge in [-0.25, -0.2) is 0 Å². The van der Waals surface area contributed by atoms with E-state index in [1.807, 2.05) is 6.92 Å². The number of ether oxygens (including phenoxy) is 3. The number of nitrogens with one attached hydrogen (secondary N) is 2. The van der Waals surface area contributed by atoms with E-state index in [1.165, 1.54) is 5.56 Å². The van der Waals surface area contributed by atoms with E-state index in [0.717, 1.165) is 36.8 Å². The summed E-state index contributed by atoms with van der Waals surface area (Å²) in [6.07, 6.45) is 1.21. The third kappa shape index (κ3) is 9.11. The molecule has 1 atom stereocenters. The molecule has 27 heavy (non-hydrogen) atoms.